The van der Waals surface area contributed by atoms with Crippen molar-refractivity contribution < 1.29 is 0 Å². The van der Waals surface area contributed by atoms with Gasteiger partial charge in [-0.3, -0.25) is 4.48 Å². The Morgan fingerprint density at radius 1 is 0.792 bits per heavy atom. The monoisotopic (exact) mass is 315 g/mol. The Hall–Kier alpha value is -2.58. The van der Waals surface area contributed by atoms with Crippen LogP contribution in [0.2, 0.25) is 0 Å². The molecule has 1 aromatic heterocycles. The summed E-state index contributed by atoms with van der Waals surface area (Å²) in [5.41, 5.74) is 7.54. The van der Waals surface area contributed by atoms with Crippen LogP contribution in [0.3, 0.4) is 0 Å². The van der Waals surface area contributed by atoms with Crippen LogP contribution in [0.4, 0.5) is 5.69 Å². The Morgan fingerprint density at radius 3 is 2.21 bits per heavy atom. The molecule has 0 amide bonds. The van der Waals surface area contributed by atoms with E-state index in [1.807, 2.05) is 0 Å². The number of hydrogen-bond acceptors (Lipinski definition) is 0. The van der Waals surface area contributed by atoms with Crippen molar-refractivity contribution in [1.82, 2.24) is 9.47 Å². The molecule has 0 saturated heterocycles. The summed E-state index contributed by atoms with van der Waals surface area (Å²) in [5, 5.41) is 2.59. The number of hydrogen-bond donors (Lipinski definition) is 1. The maximum atomic E-state index is 3.61. The van der Waals surface area contributed by atoms with Crippen LogP contribution in [0, 0.1) is 6.92 Å². The lowest BCUT2D eigenvalue weighted by molar-refractivity contribution is 0.486. The summed E-state index contributed by atoms with van der Waals surface area (Å²) in [6.07, 6.45) is 0. The molecule has 4 rings (SSSR count). The smallest absolute Gasteiger partial charge is 0.132 e. The molecular formula is C22H23N2+. The van der Waals surface area contributed by atoms with Gasteiger partial charge >= 0.3 is 0 Å². The van der Waals surface area contributed by atoms with Crippen LogP contribution in [-0.4, -0.2) is 26.1 Å². The quantitative estimate of drug-likeness (QED) is 0.471. The number of aromatic amines is 1. The number of fused-ring (bicyclic) bond motifs is 3. The number of nitrogens with zero attached hydrogens (tertiary/aromatic N) is 1. The van der Waals surface area contributed by atoms with E-state index in [0.29, 0.717) is 0 Å². The zero-order valence-electron chi connectivity index (χ0n) is 14.7. The van der Waals surface area contributed by atoms with Crippen LogP contribution in [0.15, 0.2) is 60.7 Å². The Morgan fingerprint density at radius 2 is 1.50 bits per heavy atom. The van der Waals surface area contributed by atoms with Crippen LogP contribution < -0.4 is 4.48 Å². The second kappa shape index (κ2) is 5.22. The van der Waals surface area contributed by atoms with Crippen molar-refractivity contribution in [2.75, 3.05) is 21.1 Å². The molecule has 0 fully saturated rings. The Kier molecular flexibility index (Phi) is 3.26. The topological polar surface area (TPSA) is 15.8 Å². The summed E-state index contributed by atoms with van der Waals surface area (Å²) >= 11 is 0. The second-order valence-electron chi connectivity index (χ2n) is 7.46. The first-order valence-corrected chi connectivity index (χ1v) is 8.37. The lowest BCUT2D eigenvalue weighted by atomic mass is 9.99. The minimum absolute atomic E-state index is 0.829. The molecule has 24 heavy (non-hydrogen) atoms. The largest absolute Gasteiger partial charge is 0.354 e. The highest BCUT2D eigenvalue weighted by atomic mass is 15.3. The van der Waals surface area contributed by atoms with Gasteiger partial charge in [-0.1, -0.05) is 18.2 Å². The first-order chi connectivity index (χ1) is 11.4. The van der Waals surface area contributed by atoms with Crippen molar-refractivity contribution in [3.05, 3.63) is 66.2 Å². The third kappa shape index (κ3) is 2.40. The van der Waals surface area contributed by atoms with Crippen molar-refractivity contribution in [2.24, 2.45) is 0 Å². The Balaban J connectivity index is 1.96. The molecule has 120 valence electrons. The number of quaternary nitrogens is 1. The molecule has 0 radical (unpaired) electrons. The van der Waals surface area contributed by atoms with Crippen molar-refractivity contribution in [3.63, 3.8) is 0 Å². The van der Waals surface area contributed by atoms with Gasteiger partial charge in [0.25, 0.3) is 0 Å². The van der Waals surface area contributed by atoms with Crippen LogP contribution in [0.5, 0.6) is 0 Å². The molecule has 1 N–H and O–H groups in total. The predicted molar refractivity (Wildman–Crippen MR) is 106 cm³/mol. The van der Waals surface area contributed by atoms with E-state index in [1.165, 1.54) is 44.2 Å². The first-order valence-electron chi connectivity index (χ1n) is 8.37. The van der Waals surface area contributed by atoms with E-state index >= 15 is 0 Å². The molecule has 0 bridgehead atoms. The number of benzene rings is 3. The number of nitrogens with one attached hydrogen (secondary N) is 1. The van der Waals surface area contributed by atoms with E-state index in [1.54, 1.807) is 0 Å². The van der Waals surface area contributed by atoms with Crippen LogP contribution >= 0.6 is 0 Å². The fourth-order valence-electron chi connectivity index (χ4n) is 3.41. The van der Waals surface area contributed by atoms with Crippen LogP contribution in [0.25, 0.3) is 32.9 Å². The normalized spacial score (nSPS) is 12.2. The van der Waals surface area contributed by atoms with Crippen molar-refractivity contribution in [3.8, 4) is 11.1 Å². The summed E-state index contributed by atoms with van der Waals surface area (Å²) in [6.45, 7) is 2.17. The standard InChI is InChI=1S/C22H23N2/c1-15-13-19(16-9-11-17(12-10-16)24(2,3)4)22-20(14-15)18-7-5-6-8-21(18)23-22/h5-14,23H,1-4H3/q+1. The molecule has 3 aromatic carbocycles. The third-order valence-corrected chi connectivity index (χ3v) is 4.71. The van der Waals surface area contributed by atoms with E-state index in [2.05, 4.69) is 93.7 Å². The van der Waals surface area contributed by atoms with Gasteiger partial charge < -0.3 is 4.98 Å². The van der Waals surface area contributed by atoms with Gasteiger partial charge in [0.2, 0.25) is 0 Å². The van der Waals surface area contributed by atoms with E-state index in [-0.39, 0.29) is 0 Å². The lowest BCUT2D eigenvalue weighted by Crippen LogP contribution is -2.34. The first kappa shape index (κ1) is 15.0. The van der Waals surface area contributed by atoms with E-state index in [9.17, 15) is 0 Å². The van der Waals surface area contributed by atoms with Crippen molar-refractivity contribution in [1.29, 1.82) is 0 Å². The minimum Gasteiger partial charge on any atom is -0.354 e. The molecule has 2 nitrogen and oxygen atoms in total. The van der Waals surface area contributed by atoms with Crippen LogP contribution in [0.1, 0.15) is 5.56 Å². The van der Waals surface area contributed by atoms with E-state index in [0.717, 1.165) is 4.48 Å². The fraction of sp³-hybridized carbons (Fsp3) is 0.182. The zero-order chi connectivity index (χ0) is 16.9. The molecule has 1 heterocycles. The van der Waals surface area contributed by atoms with Gasteiger partial charge in [0, 0.05) is 21.9 Å². The number of rotatable bonds is 2. The van der Waals surface area contributed by atoms with Crippen molar-refractivity contribution in [2.45, 2.75) is 6.92 Å². The van der Waals surface area contributed by atoms with Crippen molar-refractivity contribution >= 4 is 27.5 Å². The third-order valence-electron chi connectivity index (χ3n) is 4.71. The highest BCUT2D eigenvalue weighted by Gasteiger charge is 2.14. The lowest BCUT2D eigenvalue weighted by Gasteiger charge is -2.23. The average molecular weight is 315 g/mol. The Bertz CT molecular complexity index is 1030. The number of aromatic nitrogens is 1. The SMILES string of the molecule is Cc1cc(-c2ccc([N+](C)(C)C)cc2)c2[nH]c3ccccc3c2c1. The predicted octanol–water partition coefficient (Wildman–Crippen LogP) is 5.49. The molecule has 0 spiro atoms. The summed E-state index contributed by atoms with van der Waals surface area (Å²) in [4.78, 5) is 3.61. The number of para-hydroxylation sites is 1. The highest BCUT2D eigenvalue weighted by Crippen LogP contribution is 2.35. The Labute approximate surface area is 142 Å². The summed E-state index contributed by atoms with van der Waals surface area (Å²) < 4.78 is 0.829. The van der Waals surface area contributed by atoms with Gasteiger partial charge in [0.15, 0.2) is 0 Å². The average Bonchev–Trinajstić information content (AvgIpc) is 2.92. The van der Waals surface area contributed by atoms with Crippen LogP contribution in [-0.2, 0) is 0 Å². The summed E-state index contributed by atoms with van der Waals surface area (Å²) in [6, 6.07) is 22.0. The van der Waals surface area contributed by atoms with E-state index in [4.69, 9.17) is 0 Å². The molecule has 0 atom stereocenters. The maximum absolute atomic E-state index is 3.61. The van der Waals surface area contributed by atoms with E-state index < -0.39 is 0 Å². The fourth-order valence-corrected chi connectivity index (χ4v) is 3.41. The van der Waals surface area contributed by atoms with Gasteiger partial charge in [-0.05, 0) is 60.5 Å². The molecule has 0 aliphatic rings. The maximum Gasteiger partial charge on any atom is 0.132 e. The molecule has 2 heteroatoms. The zero-order valence-corrected chi connectivity index (χ0v) is 14.7. The molecular weight excluding hydrogens is 292 g/mol. The molecule has 0 saturated carbocycles. The summed E-state index contributed by atoms with van der Waals surface area (Å²) in [5.74, 6) is 0. The van der Waals surface area contributed by atoms with Gasteiger partial charge in [0.05, 0.1) is 26.7 Å². The van der Waals surface area contributed by atoms with Gasteiger partial charge in [-0.2, -0.15) is 0 Å². The highest BCUT2D eigenvalue weighted by molar-refractivity contribution is 6.12. The molecule has 0 aliphatic heterocycles. The number of H-pyrrole nitrogens is 1. The van der Waals surface area contributed by atoms with Gasteiger partial charge in [-0.25, -0.2) is 0 Å². The molecule has 0 unspecified atom stereocenters. The van der Waals surface area contributed by atoms with Gasteiger partial charge in [-0.15, -0.1) is 0 Å². The molecule has 0 aliphatic carbocycles. The van der Waals surface area contributed by atoms with Gasteiger partial charge in [0.1, 0.15) is 5.69 Å². The number of aryl methyl sites for hydroxylation is 1. The molecule has 4 aromatic rings. The minimum atomic E-state index is 0.829. The second-order valence-corrected chi connectivity index (χ2v) is 7.46. The summed E-state index contributed by atoms with van der Waals surface area (Å²) in [7, 11) is 6.58.